The zero-order chi connectivity index (χ0) is 46.5. The molecular formula is C66H45N3O. The number of rotatable bonds is 9. The molecule has 1 N–H and O–H groups in total. The van der Waals surface area contributed by atoms with E-state index in [1.807, 2.05) is 12.1 Å². The van der Waals surface area contributed by atoms with Crippen LogP contribution in [0.1, 0.15) is 28.9 Å². The van der Waals surface area contributed by atoms with E-state index in [1.165, 1.54) is 49.4 Å². The Balaban J connectivity index is 0.844. The minimum absolute atomic E-state index is 0.778. The molecule has 330 valence electrons. The molecule has 0 atom stereocenters. The summed E-state index contributed by atoms with van der Waals surface area (Å²) in [6.45, 7) is 2.07. The number of aryl methyl sites for hydroxylation is 1. The first-order chi connectivity index (χ1) is 34.6. The van der Waals surface area contributed by atoms with Crippen molar-refractivity contribution in [1.82, 2.24) is 9.97 Å². The molecule has 0 saturated carbocycles. The van der Waals surface area contributed by atoms with Gasteiger partial charge in [-0.15, -0.1) is 0 Å². The van der Waals surface area contributed by atoms with Gasteiger partial charge < -0.3 is 9.40 Å². The smallest absolute Gasteiger partial charge is 0.138 e. The number of imidazole rings is 1. The number of nitrogens with one attached hydrogen (secondary N) is 1. The molecule has 70 heavy (non-hydrogen) atoms. The van der Waals surface area contributed by atoms with Crippen molar-refractivity contribution in [2.24, 2.45) is 4.99 Å². The number of aromatic nitrogens is 2. The van der Waals surface area contributed by atoms with Crippen molar-refractivity contribution in [3.63, 3.8) is 0 Å². The van der Waals surface area contributed by atoms with Gasteiger partial charge in [-0.05, 0) is 85.1 Å². The molecule has 0 bridgehead atoms. The summed E-state index contributed by atoms with van der Waals surface area (Å²) >= 11 is 0. The number of nitrogens with zero attached hydrogens (tertiary/aromatic N) is 2. The monoisotopic (exact) mass is 895 g/mol. The maximum atomic E-state index is 6.65. The molecule has 0 radical (unpaired) electrons. The number of allylic oxidation sites excluding steroid dienone is 1. The van der Waals surface area contributed by atoms with Crippen LogP contribution in [0.25, 0.3) is 111 Å². The number of aliphatic imine (C=N–C) groups is 1. The first-order valence-corrected chi connectivity index (χ1v) is 23.9. The van der Waals surface area contributed by atoms with E-state index in [4.69, 9.17) is 14.4 Å². The van der Waals surface area contributed by atoms with Gasteiger partial charge in [0.2, 0.25) is 0 Å². The van der Waals surface area contributed by atoms with Gasteiger partial charge >= 0.3 is 0 Å². The number of hydrogen-bond acceptors (Lipinski definition) is 3. The van der Waals surface area contributed by atoms with Crippen LogP contribution in [0.2, 0.25) is 0 Å². The predicted molar refractivity (Wildman–Crippen MR) is 292 cm³/mol. The van der Waals surface area contributed by atoms with Gasteiger partial charge in [-0.1, -0.05) is 224 Å². The lowest BCUT2D eigenvalue weighted by Gasteiger charge is -2.18. The summed E-state index contributed by atoms with van der Waals surface area (Å²) in [5, 5.41) is 5.91. The minimum Gasteiger partial charge on any atom is -0.461 e. The number of hydrogen-bond donors (Lipinski definition) is 1. The molecule has 4 heteroatoms. The minimum atomic E-state index is 0.778. The van der Waals surface area contributed by atoms with Crippen molar-refractivity contribution in [3.8, 4) is 67.3 Å². The van der Waals surface area contributed by atoms with E-state index < -0.39 is 0 Å². The molecule has 1 aliphatic heterocycles. The highest BCUT2D eigenvalue weighted by atomic mass is 16.3. The van der Waals surface area contributed by atoms with Crippen LogP contribution < -0.4 is 0 Å². The van der Waals surface area contributed by atoms with Gasteiger partial charge in [0, 0.05) is 39.6 Å². The second-order valence-electron chi connectivity index (χ2n) is 18.1. The van der Waals surface area contributed by atoms with Crippen molar-refractivity contribution in [3.05, 3.63) is 259 Å². The molecule has 0 saturated heterocycles. The zero-order valence-corrected chi connectivity index (χ0v) is 38.5. The van der Waals surface area contributed by atoms with Gasteiger partial charge in [0.05, 0.1) is 22.8 Å². The molecule has 3 heterocycles. The van der Waals surface area contributed by atoms with Gasteiger partial charge in [0.15, 0.2) is 0 Å². The number of benzene rings is 10. The molecule has 0 aliphatic carbocycles. The molecule has 2 aromatic heterocycles. The van der Waals surface area contributed by atoms with Crippen LogP contribution in [0.15, 0.2) is 246 Å². The van der Waals surface area contributed by atoms with Crippen molar-refractivity contribution in [2.45, 2.75) is 13.3 Å². The third kappa shape index (κ3) is 7.17. The highest BCUT2D eigenvalue weighted by Gasteiger charge is 2.24. The Hall–Kier alpha value is -9.12. The summed E-state index contributed by atoms with van der Waals surface area (Å²) in [6.07, 6.45) is 0.778. The van der Waals surface area contributed by atoms with Gasteiger partial charge in [0.25, 0.3) is 0 Å². The quantitative estimate of drug-likeness (QED) is 0.147. The lowest BCUT2D eigenvalue weighted by molar-refractivity contribution is 0.580. The zero-order valence-electron chi connectivity index (χ0n) is 38.5. The van der Waals surface area contributed by atoms with E-state index in [1.54, 1.807) is 0 Å². The predicted octanol–water partition coefficient (Wildman–Crippen LogP) is 17.5. The average Bonchev–Trinajstić information content (AvgIpc) is 4.17. The van der Waals surface area contributed by atoms with Crippen molar-refractivity contribution in [2.75, 3.05) is 0 Å². The Bertz CT molecular complexity index is 3860. The van der Waals surface area contributed by atoms with Gasteiger partial charge in [0.1, 0.15) is 17.2 Å². The summed E-state index contributed by atoms with van der Waals surface area (Å²) in [6, 6.07) is 84.1. The molecular weight excluding hydrogens is 851 g/mol. The van der Waals surface area contributed by atoms with E-state index in [0.717, 1.165) is 96.3 Å². The van der Waals surface area contributed by atoms with E-state index >= 15 is 0 Å². The fourth-order valence-electron chi connectivity index (χ4n) is 10.6. The topological polar surface area (TPSA) is 54.2 Å². The Morgan fingerprint density at radius 1 is 0.386 bits per heavy atom. The highest BCUT2D eigenvalue weighted by molar-refractivity contribution is 6.22. The van der Waals surface area contributed by atoms with E-state index in [0.29, 0.717) is 0 Å². The number of furan rings is 1. The van der Waals surface area contributed by atoms with Crippen molar-refractivity contribution < 1.29 is 4.42 Å². The van der Waals surface area contributed by atoms with Crippen LogP contribution in [-0.4, -0.2) is 15.7 Å². The highest BCUT2D eigenvalue weighted by Crippen LogP contribution is 2.46. The molecule has 0 unspecified atom stereocenters. The second kappa shape index (κ2) is 17.2. The molecule has 4 nitrogen and oxygen atoms in total. The molecule has 0 fully saturated rings. The van der Waals surface area contributed by atoms with Crippen molar-refractivity contribution in [1.29, 1.82) is 0 Å². The first-order valence-electron chi connectivity index (χ1n) is 23.9. The molecule has 12 aromatic rings. The van der Waals surface area contributed by atoms with Crippen molar-refractivity contribution >= 4 is 49.5 Å². The van der Waals surface area contributed by atoms with Gasteiger partial charge in [-0.2, -0.15) is 0 Å². The summed E-state index contributed by atoms with van der Waals surface area (Å²) < 4.78 is 6.65. The van der Waals surface area contributed by atoms with Crippen LogP contribution in [0.3, 0.4) is 0 Å². The fraction of sp³-hybridized carbons (Fsp3) is 0.0303. The first kappa shape index (κ1) is 41.1. The van der Waals surface area contributed by atoms with E-state index in [2.05, 4.69) is 236 Å². The normalized spacial score (nSPS) is 12.6. The van der Waals surface area contributed by atoms with E-state index in [-0.39, 0.29) is 0 Å². The molecule has 0 spiro atoms. The maximum absolute atomic E-state index is 6.65. The summed E-state index contributed by atoms with van der Waals surface area (Å²) in [5.41, 5.74) is 19.8. The van der Waals surface area contributed by atoms with Crippen LogP contribution in [-0.2, 0) is 0 Å². The Morgan fingerprint density at radius 2 is 0.843 bits per heavy atom. The van der Waals surface area contributed by atoms with Crippen LogP contribution in [0.5, 0.6) is 0 Å². The molecule has 10 aromatic carbocycles. The third-order valence-electron chi connectivity index (χ3n) is 13.9. The molecule has 13 rings (SSSR count). The summed E-state index contributed by atoms with van der Waals surface area (Å²) in [5.74, 6) is 1.72. The standard InChI is InChI=1S/C66H45N3O/c1-42-60(45-34-36-50(37-35-45)66-68-64(48-22-10-4-11-23-48)65(69-66)49-24-12-5-13-25-49)56-39-38-51(40-59(56)70-42)62-54-28-16-14-26-52(54)61(53-27-15-17-29-55(53)62)46-32-30-44(31-33-46)58-41-57(43-18-6-2-7-19-43)63(67-58)47-20-8-3-9-21-47/h2-40H,41H2,1H3,(H,68,69). The largest absolute Gasteiger partial charge is 0.461 e. The third-order valence-corrected chi connectivity index (χ3v) is 13.9. The average molecular weight is 896 g/mol. The van der Waals surface area contributed by atoms with Crippen LogP contribution >= 0.6 is 0 Å². The SMILES string of the molecule is Cc1oc2cc(-c3c4ccccc4c(-c4ccc(C5=NC(c6ccccc6)=C(c6ccccc6)C5)cc4)c4ccccc34)ccc2c1-c1ccc(-c2nc(-c3ccccc3)c(-c3ccccc3)[nH]2)cc1. The second-order valence-corrected chi connectivity index (χ2v) is 18.1. The fourth-order valence-corrected chi connectivity index (χ4v) is 10.6. The maximum Gasteiger partial charge on any atom is 0.138 e. The van der Waals surface area contributed by atoms with Gasteiger partial charge in [-0.3, -0.25) is 4.99 Å². The molecule has 0 amide bonds. The number of H-pyrrole nitrogens is 1. The van der Waals surface area contributed by atoms with Crippen LogP contribution in [0, 0.1) is 6.92 Å². The van der Waals surface area contributed by atoms with E-state index in [9.17, 15) is 0 Å². The summed E-state index contributed by atoms with van der Waals surface area (Å²) in [7, 11) is 0. The van der Waals surface area contributed by atoms with Crippen LogP contribution in [0.4, 0.5) is 0 Å². The van der Waals surface area contributed by atoms with Gasteiger partial charge in [-0.25, -0.2) is 4.98 Å². The number of aromatic amines is 1. The number of fused-ring (bicyclic) bond motifs is 3. The lowest BCUT2D eigenvalue weighted by Crippen LogP contribution is -1.98. The molecule has 1 aliphatic rings. The Morgan fingerprint density at radius 3 is 1.43 bits per heavy atom. The lowest BCUT2D eigenvalue weighted by atomic mass is 9.85. The Kier molecular flexibility index (Phi) is 10.1. The Labute approximate surface area is 406 Å². The summed E-state index contributed by atoms with van der Waals surface area (Å²) in [4.78, 5) is 14.1.